The molecule has 0 aliphatic rings. The molecule has 0 spiro atoms. The van der Waals surface area contributed by atoms with Gasteiger partial charge in [0.25, 0.3) is 0 Å². The van der Waals surface area contributed by atoms with Crippen molar-refractivity contribution in [3.8, 4) is 0 Å². The molecule has 0 radical (unpaired) electrons. The highest BCUT2D eigenvalue weighted by Crippen LogP contribution is 2.34. The van der Waals surface area contributed by atoms with E-state index in [-0.39, 0.29) is 0 Å². The lowest BCUT2D eigenvalue weighted by atomic mass is 10.1. The summed E-state index contributed by atoms with van der Waals surface area (Å²) >= 11 is 14.6. The van der Waals surface area contributed by atoms with E-state index in [1.807, 2.05) is 0 Å². The van der Waals surface area contributed by atoms with Gasteiger partial charge in [0.15, 0.2) is 0 Å². The normalized spacial score (nSPS) is 12.0. The first-order chi connectivity index (χ1) is 18.1. The quantitative estimate of drug-likeness (QED) is 0.137. The van der Waals surface area contributed by atoms with E-state index in [9.17, 15) is 0 Å². The molecule has 0 saturated carbocycles. The van der Waals surface area contributed by atoms with Gasteiger partial charge in [-0.2, -0.15) is 0 Å². The average molecular weight is 746 g/mol. The standard InChI is InChI=1S/C31H26Br4N2/c32-16-20-2-6-28-24(12-20)25-13-21(17-33)3-7-29(25)36(28)10-1-11-37-30-8-4-22(18-34)14-26(30)27-15-23(19-35)5-9-31(27)37/h2-9,12-15H,1,10-11,16-19H2. The first kappa shape index (κ1) is 25.7. The summed E-state index contributed by atoms with van der Waals surface area (Å²) in [7, 11) is 0. The summed E-state index contributed by atoms with van der Waals surface area (Å²) in [5, 5.41) is 8.86. The Balaban J connectivity index is 1.40. The molecule has 2 aromatic heterocycles. The van der Waals surface area contributed by atoms with Crippen molar-refractivity contribution in [3.63, 3.8) is 0 Å². The number of rotatable bonds is 8. The van der Waals surface area contributed by atoms with Crippen LogP contribution in [-0.4, -0.2) is 9.13 Å². The van der Waals surface area contributed by atoms with Gasteiger partial charge in [0.2, 0.25) is 0 Å². The van der Waals surface area contributed by atoms with E-state index in [1.165, 1.54) is 65.9 Å². The highest BCUT2D eigenvalue weighted by atomic mass is 79.9. The average Bonchev–Trinajstić information content (AvgIpc) is 3.43. The van der Waals surface area contributed by atoms with Gasteiger partial charge in [-0.3, -0.25) is 0 Å². The molecule has 0 aliphatic heterocycles. The Morgan fingerprint density at radius 2 is 0.676 bits per heavy atom. The van der Waals surface area contributed by atoms with Gasteiger partial charge in [-0.25, -0.2) is 0 Å². The third-order valence-electron chi connectivity index (χ3n) is 7.37. The number of hydrogen-bond donors (Lipinski definition) is 0. The zero-order chi connectivity index (χ0) is 25.5. The van der Waals surface area contributed by atoms with Gasteiger partial charge < -0.3 is 9.13 Å². The largest absolute Gasteiger partial charge is 0.340 e. The monoisotopic (exact) mass is 742 g/mol. The zero-order valence-corrected chi connectivity index (χ0v) is 26.6. The molecule has 37 heavy (non-hydrogen) atoms. The number of hydrogen-bond acceptors (Lipinski definition) is 0. The van der Waals surface area contributed by atoms with Crippen molar-refractivity contribution in [1.29, 1.82) is 0 Å². The molecule has 0 bridgehead atoms. The van der Waals surface area contributed by atoms with E-state index in [4.69, 9.17) is 0 Å². The zero-order valence-electron chi connectivity index (χ0n) is 20.3. The van der Waals surface area contributed by atoms with Crippen LogP contribution in [-0.2, 0) is 34.4 Å². The lowest BCUT2D eigenvalue weighted by Gasteiger charge is -2.11. The predicted octanol–water partition coefficient (Wildman–Crippen LogP) is 10.6. The van der Waals surface area contributed by atoms with E-state index in [2.05, 4.69) is 146 Å². The number of alkyl halides is 4. The van der Waals surface area contributed by atoms with Crippen LogP contribution in [0.4, 0.5) is 0 Å². The van der Waals surface area contributed by atoms with Crippen molar-refractivity contribution in [2.45, 2.75) is 40.8 Å². The van der Waals surface area contributed by atoms with E-state index in [0.29, 0.717) is 0 Å². The minimum atomic E-state index is 0.870. The van der Waals surface area contributed by atoms with Crippen LogP contribution in [0.25, 0.3) is 43.6 Å². The lowest BCUT2D eigenvalue weighted by molar-refractivity contribution is 0.603. The van der Waals surface area contributed by atoms with Crippen LogP contribution in [0.1, 0.15) is 28.7 Å². The van der Waals surface area contributed by atoms with Crippen molar-refractivity contribution < 1.29 is 0 Å². The first-order valence-corrected chi connectivity index (χ1v) is 16.9. The van der Waals surface area contributed by atoms with Crippen molar-refractivity contribution in [1.82, 2.24) is 9.13 Å². The van der Waals surface area contributed by atoms with Crippen molar-refractivity contribution in [2.75, 3.05) is 0 Å². The Bertz CT molecular complexity index is 1510. The van der Waals surface area contributed by atoms with Crippen molar-refractivity contribution in [3.05, 3.63) is 95.1 Å². The second kappa shape index (κ2) is 10.9. The van der Waals surface area contributed by atoms with E-state index in [1.54, 1.807) is 0 Å². The SMILES string of the molecule is BrCc1ccc2c(c1)c1cc(CBr)ccc1n2CCCn1c2ccc(CBr)cc2c2cc(CBr)ccc21. The maximum atomic E-state index is 3.64. The number of aryl methyl sites for hydroxylation is 2. The molecule has 4 aromatic carbocycles. The van der Waals surface area contributed by atoms with Crippen LogP contribution in [0.2, 0.25) is 0 Å². The Kier molecular flexibility index (Phi) is 7.54. The highest BCUT2D eigenvalue weighted by molar-refractivity contribution is 9.09. The molecule has 0 aliphatic carbocycles. The van der Waals surface area contributed by atoms with Crippen LogP contribution >= 0.6 is 63.7 Å². The number of aromatic nitrogens is 2. The number of halogens is 4. The van der Waals surface area contributed by atoms with E-state index >= 15 is 0 Å². The van der Waals surface area contributed by atoms with Gasteiger partial charge in [-0.15, -0.1) is 0 Å². The van der Waals surface area contributed by atoms with Crippen LogP contribution in [0.5, 0.6) is 0 Å². The predicted molar refractivity (Wildman–Crippen MR) is 174 cm³/mol. The van der Waals surface area contributed by atoms with Crippen molar-refractivity contribution in [2.24, 2.45) is 0 Å². The molecule has 0 unspecified atom stereocenters. The van der Waals surface area contributed by atoms with Gasteiger partial charge in [0.05, 0.1) is 0 Å². The molecule has 0 atom stereocenters. The Morgan fingerprint density at radius 1 is 0.405 bits per heavy atom. The molecule has 6 heteroatoms. The molecule has 188 valence electrons. The van der Waals surface area contributed by atoms with E-state index < -0.39 is 0 Å². The summed E-state index contributed by atoms with van der Waals surface area (Å²) in [4.78, 5) is 0. The Hall–Kier alpha value is -1.60. The molecular weight excluding hydrogens is 720 g/mol. The van der Waals surface area contributed by atoms with Crippen molar-refractivity contribution >= 4 is 107 Å². The summed E-state index contributed by atoms with van der Waals surface area (Å²) in [6.07, 6.45) is 1.05. The Morgan fingerprint density at radius 3 is 0.919 bits per heavy atom. The Labute approximate surface area is 250 Å². The van der Waals surface area contributed by atoms with Gasteiger partial charge in [-0.05, 0) is 77.2 Å². The lowest BCUT2D eigenvalue weighted by Crippen LogP contribution is -2.04. The fourth-order valence-corrected chi connectivity index (χ4v) is 6.99. The first-order valence-electron chi connectivity index (χ1n) is 12.5. The van der Waals surface area contributed by atoms with E-state index in [0.717, 1.165) is 40.8 Å². The maximum Gasteiger partial charge on any atom is 0.0491 e. The van der Waals surface area contributed by atoms with Gasteiger partial charge in [0, 0.05) is 78.0 Å². The van der Waals surface area contributed by atoms with Gasteiger partial charge in [-0.1, -0.05) is 88.0 Å². The number of nitrogens with zero attached hydrogens (tertiary/aromatic N) is 2. The minimum absolute atomic E-state index is 0.870. The van der Waals surface area contributed by atoms with Crippen LogP contribution in [0.15, 0.2) is 72.8 Å². The maximum absolute atomic E-state index is 3.64. The molecule has 2 nitrogen and oxygen atoms in total. The molecule has 0 amide bonds. The molecule has 2 heterocycles. The van der Waals surface area contributed by atoms with Crippen LogP contribution in [0.3, 0.4) is 0 Å². The minimum Gasteiger partial charge on any atom is -0.340 e. The van der Waals surface area contributed by atoms with Gasteiger partial charge >= 0.3 is 0 Å². The summed E-state index contributed by atoms with van der Waals surface area (Å²) in [6.45, 7) is 1.95. The topological polar surface area (TPSA) is 9.86 Å². The summed E-state index contributed by atoms with van der Waals surface area (Å²) in [5.41, 5.74) is 10.5. The van der Waals surface area contributed by atoms with Crippen LogP contribution < -0.4 is 0 Å². The summed E-state index contributed by atoms with van der Waals surface area (Å²) in [5.74, 6) is 0. The second-order valence-electron chi connectivity index (χ2n) is 9.60. The third-order valence-corrected chi connectivity index (χ3v) is 9.96. The molecule has 0 fully saturated rings. The highest BCUT2D eigenvalue weighted by Gasteiger charge is 2.14. The molecule has 6 aromatic rings. The molecule has 0 saturated heterocycles. The summed E-state index contributed by atoms with van der Waals surface area (Å²) < 4.78 is 5.03. The second-order valence-corrected chi connectivity index (χ2v) is 11.8. The molecular formula is C31H26Br4N2. The smallest absolute Gasteiger partial charge is 0.0491 e. The molecule has 6 rings (SSSR count). The van der Waals surface area contributed by atoms with Gasteiger partial charge in [0.1, 0.15) is 0 Å². The number of benzene rings is 4. The molecule has 0 N–H and O–H groups in total. The fraction of sp³-hybridized carbons (Fsp3) is 0.226. The number of fused-ring (bicyclic) bond motifs is 6. The van der Waals surface area contributed by atoms with Crippen LogP contribution in [0, 0.1) is 0 Å². The fourth-order valence-electron chi connectivity index (χ4n) is 5.60. The third kappa shape index (κ3) is 4.62. The summed E-state index contributed by atoms with van der Waals surface area (Å²) in [6, 6.07) is 27.5.